The molecule has 2 aromatic heterocycles. The van der Waals surface area contributed by atoms with Crippen molar-refractivity contribution >= 4 is 40.0 Å². The lowest BCUT2D eigenvalue weighted by Crippen LogP contribution is -2.44. The van der Waals surface area contributed by atoms with Crippen molar-refractivity contribution in [2.45, 2.75) is 39.7 Å². The number of nitrogen functional groups attached to an aromatic ring is 1. The molecule has 3 heterocycles. The average molecular weight is 620 g/mol. The third-order valence-corrected chi connectivity index (χ3v) is 7.99. The van der Waals surface area contributed by atoms with E-state index >= 15 is 0 Å². The van der Waals surface area contributed by atoms with E-state index in [0.29, 0.717) is 40.0 Å². The Kier molecular flexibility index (Phi) is 7.90. The molecule has 0 fully saturated rings. The number of aryl methyl sites for hydroxylation is 2. The lowest BCUT2D eigenvalue weighted by atomic mass is 9.96. The van der Waals surface area contributed by atoms with E-state index in [-0.39, 0.29) is 29.2 Å². The Morgan fingerprint density at radius 1 is 1.11 bits per heavy atom. The van der Waals surface area contributed by atoms with Gasteiger partial charge in [-0.3, -0.25) is 14.4 Å². The molecule has 232 valence electrons. The van der Waals surface area contributed by atoms with Crippen molar-refractivity contribution in [3.8, 4) is 29.0 Å². The molecule has 4 N–H and O–H groups in total. The number of anilines is 2. The largest absolute Gasteiger partial charge is 0.454 e. The molecule has 3 aromatic carbocycles. The van der Waals surface area contributed by atoms with Gasteiger partial charge in [-0.15, -0.1) is 0 Å². The summed E-state index contributed by atoms with van der Waals surface area (Å²) in [5.74, 6) is 2.98. The summed E-state index contributed by atoms with van der Waals surface area (Å²) in [6.07, 6.45) is 1.27. The third-order valence-electron chi connectivity index (χ3n) is 7.99. The maximum atomic E-state index is 14.0. The van der Waals surface area contributed by atoms with Gasteiger partial charge in [0, 0.05) is 10.9 Å². The molecule has 0 saturated carbocycles. The lowest BCUT2D eigenvalue weighted by Gasteiger charge is -2.26. The molecular weight excluding hydrogens is 589 g/mol. The van der Waals surface area contributed by atoms with Crippen molar-refractivity contribution in [2.75, 3.05) is 10.6 Å². The van der Waals surface area contributed by atoms with E-state index in [1.165, 1.54) is 23.0 Å². The predicted molar refractivity (Wildman–Crippen MR) is 170 cm³/mol. The van der Waals surface area contributed by atoms with Crippen LogP contribution >= 0.6 is 0 Å². The second-order valence-corrected chi connectivity index (χ2v) is 11.2. The van der Waals surface area contributed by atoms with Crippen LogP contribution in [0.1, 0.15) is 46.9 Å². The fourth-order valence-electron chi connectivity index (χ4n) is 5.45. The number of benzene rings is 3. The van der Waals surface area contributed by atoms with Crippen LogP contribution in [0.25, 0.3) is 16.6 Å². The van der Waals surface area contributed by atoms with E-state index in [9.17, 15) is 23.9 Å². The van der Waals surface area contributed by atoms with Crippen LogP contribution in [0.5, 0.6) is 11.5 Å². The Morgan fingerprint density at radius 2 is 1.87 bits per heavy atom. The Balaban J connectivity index is 1.26. The highest BCUT2D eigenvalue weighted by Crippen LogP contribution is 2.32. The Morgan fingerprint density at radius 3 is 2.61 bits per heavy atom. The summed E-state index contributed by atoms with van der Waals surface area (Å²) in [5, 5.41) is 15.1. The van der Waals surface area contributed by atoms with Crippen LogP contribution in [0, 0.1) is 37.4 Å². The molecule has 0 saturated heterocycles. The fourth-order valence-corrected chi connectivity index (χ4v) is 5.45. The topological polar surface area (TPSA) is 144 Å². The number of aliphatic hydroxyl groups excluding tert-OH is 1. The number of nitrogens with zero attached hydrogens (tertiary/aromatic N) is 3. The zero-order valence-corrected chi connectivity index (χ0v) is 25.3. The maximum absolute atomic E-state index is 14.0. The number of hydrogen-bond acceptors (Lipinski definition) is 7. The number of rotatable bonds is 9. The predicted octanol–water partition coefficient (Wildman–Crippen LogP) is 5.37. The molecule has 10 nitrogen and oxygen atoms in total. The van der Waals surface area contributed by atoms with Crippen molar-refractivity contribution < 1.29 is 28.6 Å². The quantitative estimate of drug-likeness (QED) is 0.114. The lowest BCUT2D eigenvalue weighted by molar-refractivity contribution is -0.126. The van der Waals surface area contributed by atoms with Gasteiger partial charge in [0.05, 0.1) is 34.9 Å². The molecule has 2 amide bonds. The van der Waals surface area contributed by atoms with Crippen LogP contribution in [0.3, 0.4) is 0 Å². The minimum absolute atomic E-state index is 0.0978. The SMILES string of the molecule is CC[C@H](O)C[C@@H]1C#CC(=O)N(c2cc3[nH]c(C(=O)c4cnn(-c5ccc(Oc6ccccc6F)cc5C)c4N)cc3cc2C)C1=O. The molecule has 5 aromatic rings. The molecule has 46 heavy (non-hydrogen) atoms. The number of aromatic nitrogens is 3. The first-order chi connectivity index (χ1) is 22.0. The van der Waals surface area contributed by atoms with Crippen LogP contribution in [-0.4, -0.2) is 43.6 Å². The highest BCUT2D eigenvalue weighted by Gasteiger charge is 2.34. The summed E-state index contributed by atoms with van der Waals surface area (Å²) in [7, 11) is 0. The first-order valence-corrected chi connectivity index (χ1v) is 14.7. The van der Waals surface area contributed by atoms with Gasteiger partial charge in [-0.05, 0) is 92.3 Å². The molecule has 0 unspecified atom stereocenters. The van der Waals surface area contributed by atoms with Crippen molar-refractivity contribution in [1.82, 2.24) is 14.8 Å². The average Bonchev–Trinajstić information content (AvgIpc) is 3.62. The van der Waals surface area contributed by atoms with E-state index in [0.717, 1.165) is 10.5 Å². The van der Waals surface area contributed by atoms with E-state index in [1.807, 2.05) is 6.92 Å². The van der Waals surface area contributed by atoms with E-state index in [2.05, 4.69) is 21.9 Å². The molecule has 0 radical (unpaired) electrons. The number of ether oxygens (including phenoxy) is 1. The first kappa shape index (κ1) is 30.3. The smallest absolute Gasteiger partial charge is 0.309 e. The third kappa shape index (κ3) is 5.50. The standard InChI is InChI=1S/C35H30FN5O5/c1-4-23(42)15-21-9-12-32(43)40(35(21)45)30-17-27-22(13-19(30)2)16-28(39-27)33(44)25-18-38-41(34(25)37)29-11-10-24(14-20(29)3)46-31-8-6-5-7-26(31)36/h5-8,10-11,13-14,16-18,21,23,39,42H,4,15,37H2,1-3H3/t21-,23-/m0/s1. The summed E-state index contributed by atoms with van der Waals surface area (Å²) < 4.78 is 21.2. The number of aromatic amines is 1. The Hall–Kier alpha value is -5.73. The normalized spacial score (nSPS) is 15.2. The van der Waals surface area contributed by atoms with Gasteiger partial charge in [-0.2, -0.15) is 5.10 Å². The maximum Gasteiger partial charge on any atom is 0.309 e. The van der Waals surface area contributed by atoms with Crippen molar-refractivity contribution in [3.63, 3.8) is 0 Å². The molecule has 2 atom stereocenters. The monoisotopic (exact) mass is 619 g/mol. The summed E-state index contributed by atoms with van der Waals surface area (Å²) in [4.78, 5) is 43.8. The fraction of sp³-hybridized carbons (Fsp3) is 0.200. The van der Waals surface area contributed by atoms with E-state index in [1.54, 1.807) is 62.4 Å². The number of ketones is 1. The van der Waals surface area contributed by atoms with Crippen LogP contribution in [-0.2, 0) is 9.59 Å². The zero-order valence-electron chi connectivity index (χ0n) is 25.3. The molecule has 0 bridgehead atoms. The van der Waals surface area contributed by atoms with E-state index < -0.39 is 35.4 Å². The number of fused-ring (bicyclic) bond motifs is 1. The minimum atomic E-state index is -0.803. The number of carbonyl (C=O) groups is 3. The second kappa shape index (κ2) is 12.0. The minimum Gasteiger partial charge on any atom is -0.454 e. The van der Waals surface area contributed by atoms with Gasteiger partial charge in [0.2, 0.25) is 11.7 Å². The Bertz CT molecular complexity index is 2100. The number of hydrogen-bond donors (Lipinski definition) is 3. The Labute approximate surface area is 263 Å². The van der Waals surface area contributed by atoms with Gasteiger partial charge in [0.15, 0.2) is 11.6 Å². The van der Waals surface area contributed by atoms with Crippen molar-refractivity contribution in [3.05, 3.63) is 95.1 Å². The highest BCUT2D eigenvalue weighted by atomic mass is 19.1. The summed E-state index contributed by atoms with van der Waals surface area (Å²) in [6.45, 7) is 5.39. The highest BCUT2D eigenvalue weighted by molar-refractivity contribution is 6.25. The van der Waals surface area contributed by atoms with Crippen molar-refractivity contribution in [1.29, 1.82) is 0 Å². The van der Waals surface area contributed by atoms with Gasteiger partial charge in [0.1, 0.15) is 17.5 Å². The number of amides is 2. The van der Waals surface area contributed by atoms with Crippen LogP contribution in [0.4, 0.5) is 15.9 Å². The number of carbonyl (C=O) groups excluding carboxylic acids is 3. The second-order valence-electron chi connectivity index (χ2n) is 11.2. The van der Waals surface area contributed by atoms with Crippen LogP contribution < -0.4 is 15.4 Å². The summed E-state index contributed by atoms with van der Waals surface area (Å²) >= 11 is 0. The zero-order chi connectivity index (χ0) is 32.7. The molecule has 0 spiro atoms. The molecular formula is C35H30FN5O5. The first-order valence-electron chi connectivity index (χ1n) is 14.7. The molecule has 6 rings (SSSR count). The molecule has 0 aliphatic carbocycles. The van der Waals surface area contributed by atoms with Gasteiger partial charge >= 0.3 is 5.91 Å². The van der Waals surface area contributed by atoms with Crippen LogP contribution in [0.2, 0.25) is 0 Å². The number of nitrogens with two attached hydrogens (primary N) is 1. The molecule has 1 aliphatic heterocycles. The summed E-state index contributed by atoms with van der Waals surface area (Å²) in [5.41, 5.74) is 9.68. The van der Waals surface area contributed by atoms with Gasteiger partial charge in [-0.25, -0.2) is 14.0 Å². The number of halogens is 1. The van der Waals surface area contributed by atoms with Crippen molar-refractivity contribution in [2.24, 2.45) is 5.92 Å². The van der Waals surface area contributed by atoms with E-state index in [4.69, 9.17) is 10.5 Å². The number of H-pyrrole nitrogens is 1. The van der Waals surface area contributed by atoms with Crippen LogP contribution in [0.15, 0.2) is 66.9 Å². The van der Waals surface area contributed by atoms with Gasteiger partial charge in [0.25, 0.3) is 0 Å². The number of para-hydroxylation sites is 1. The van der Waals surface area contributed by atoms with Gasteiger partial charge < -0.3 is 20.6 Å². The summed E-state index contributed by atoms with van der Waals surface area (Å²) in [6, 6.07) is 16.3. The number of imide groups is 1. The molecule has 1 aliphatic rings. The number of nitrogens with one attached hydrogen (secondary N) is 1. The molecule has 11 heteroatoms. The number of aliphatic hydroxyl groups is 1. The van der Waals surface area contributed by atoms with Gasteiger partial charge in [-0.1, -0.05) is 25.0 Å².